The van der Waals surface area contributed by atoms with Crippen molar-refractivity contribution in [2.45, 2.75) is 46.0 Å². The highest BCUT2D eigenvalue weighted by atomic mass is 19.2. The Balaban J connectivity index is 2.08. The van der Waals surface area contributed by atoms with Crippen LogP contribution in [0, 0.1) is 17.6 Å². The second-order valence-corrected chi connectivity index (χ2v) is 5.69. The van der Waals surface area contributed by atoms with Gasteiger partial charge in [-0.2, -0.15) is 4.39 Å². The van der Waals surface area contributed by atoms with Crippen LogP contribution in [-0.2, 0) is 0 Å². The summed E-state index contributed by atoms with van der Waals surface area (Å²) in [5, 5.41) is 0. The smallest absolute Gasteiger partial charge is 0.201 e. The lowest BCUT2D eigenvalue weighted by Gasteiger charge is -2.22. The maximum absolute atomic E-state index is 14.2. The van der Waals surface area contributed by atoms with Gasteiger partial charge in [0.1, 0.15) is 0 Å². The minimum Gasteiger partial charge on any atom is -0.491 e. The maximum atomic E-state index is 14.2. The second-order valence-electron chi connectivity index (χ2n) is 5.69. The van der Waals surface area contributed by atoms with Gasteiger partial charge >= 0.3 is 0 Å². The zero-order valence-electron chi connectivity index (χ0n) is 13.4. The second kappa shape index (κ2) is 8.11. The first-order valence-corrected chi connectivity index (χ1v) is 8.08. The molecule has 1 aliphatic carbocycles. The summed E-state index contributed by atoms with van der Waals surface area (Å²) >= 11 is 0. The fraction of sp³-hybridized carbons (Fsp3) is 0.474. The number of hydrogen-bond donors (Lipinski definition) is 0. The van der Waals surface area contributed by atoms with Crippen LogP contribution in [0.1, 0.15) is 51.5 Å². The summed E-state index contributed by atoms with van der Waals surface area (Å²) in [7, 11) is 0. The van der Waals surface area contributed by atoms with E-state index in [1.807, 2.05) is 6.92 Å². The zero-order valence-corrected chi connectivity index (χ0v) is 13.4. The molecule has 1 aliphatic rings. The molecule has 0 bridgehead atoms. The topological polar surface area (TPSA) is 9.23 Å². The van der Waals surface area contributed by atoms with Crippen LogP contribution in [0.3, 0.4) is 0 Å². The Morgan fingerprint density at radius 3 is 2.73 bits per heavy atom. The Morgan fingerprint density at radius 2 is 2.09 bits per heavy atom. The molecule has 3 heteroatoms. The third-order valence-electron chi connectivity index (χ3n) is 4.19. The van der Waals surface area contributed by atoms with E-state index in [2.05, 4.69) is 18.2 Å². The van der Waals surface area contributed by atoms with Gasteiger partial charge in [-0.05, 0) is 69.6 Å². The van der Waals surface area contributed by atoms with Crippen molar-refractivity contribution in [3.8, 4) is 5.75 Å². The predicted molar refractivity (Wildman–Crippen MR) is 86.9 cm³/mol. The van der Waals surface area contributed by atoms with Crippen molar-refractivity contribution >= 4 is 5.57 Å². The van der Waals surface area contributed by atoms with Crippen molar-refractivity contribution in [2.75, 3.05) is 6.61 Å². The van der Waals surface area contributed by atoms with Gasteiger partial charge in [0.2, 0.25) is 5.82 Å². The molecular weight excluding hydrogens is 282 g/mol. The largest absolute Gasteiger partial charge is 0.491 e. The first kappa shape index (κ1) is 16.7. The summed E-state index contributed by atoms with van der Waals surface area (Å²) in [6.45, 7) is 4.11. The first-order valence-electron chi connectivity index (χ1n) is 8.08. The van der Waals surface area contributed by atoms with Gasteiger partial charge in [-0.3, -0.25) is 0 Å². The molecular formula is C19H24F2O. The summed E-state index contributed by atoms with van der Waals surface area (Å²) in [4.78, 5) is 0. The molecule has 1 atom stereocenters. The van der Waals surface area contributed by atoms with Crippen molar-refractivity contribution < 1.29 is 13.5 Å². The van der Waals surface area contributed by atoms with E-state index >= 15 is 0 Å². The van der Waals surface area contributed by atoms with Crippen LogP contribution < -0.4 is 4.74 Å². The van der Waals surface area contributed by atoms with Gasteiger partial charge < -0.3 is 4.74 Å². The summed E-state index contributed by atoms with van der Waals surface area (Å²) in [6.07, 6.45) is 11.4. The van der Waals surface area contributed by atoms with E-state index in [-0.39, 0.29) is 5.75 Å². The molecule has 0 saturated heterocycles. The maximum Gasteiger partial charge on any atom is 0.201 e. The highest BCUT2D eigenvalue weighted by Crippen LogP contribution is 2.35. The normalized spacial score (nSPS) is 18.5. The molecule has 0 fully saturated rings. The molecule has 0 aromatic heterocycles. The van der Waals surface area contributed by atoms with E-state index in [4.69, 9.17) is 4.74 Å². The Hall–Kier alpha value is -1.64. The molecule has 1 aromatic rings. The van der Waals surface area contributed by atoms with Gasteiger partial charge in [0.15, 0.2) is 11.6 Å². The quantitative estimate of drug-likeness (QED) is 0.594. The van der Waals surface area contributed by atoms with Crippen LogP contribution >= 0.6 is 0 Å². The SMILES string of the molecule is CC=CCCC1CC=C(c2ccc(OCC)c(F)c2F)CC1. The summed E-state index contributed by atoms with van der Waals surface area (Å²) in [6, 6.07) is 3.16. The molecule has 0 saturated carbocycles. The highest BCUT2D eigenvalue weighted by molar-refractivity contribution is 5.67. The van der Waals surface area contributed by atoms with Crippen molar-refractivity contribution in [2.24, 2.45) is 5.92 Å². The lowest BCUT2D eigenvalue weighted by molar-refractivity contribution is 0.314. The number of hydrogen-bond acceptors (Lipinski definition) is 1. The van der Waals surface area contributed by atoms with E-state index in [0.717, 1.165) is 37.7 Å². The van der Waals surface area contributed by atoms with Gasteiger partial charge in [0.25, 0.3) is 0 Å². The molecule has 1 nitrogen and oxygen atoms in total. The molecule has 0 heterocycles. The van der Waals surface area contributed by atoms with Crippen LogP contribution in [0.5, 0.6) is 5.75 Å². The van der Waals surface area contributed by atoms with E-state index in [9.17, 15) is 8.78 Å². The van der Waals surface area contributed by atoms with Crippen LogP contribution in [0.25, 0.3) is 5.57 Å². The van der Waals surface area contributed by atoms with Gasteiger partial charge in [-0.1, -0.05) is 18.2 Å². The third kappa shape index (κ3) is 3.96. The molecule has 0 spiro atoms. The highest BCUT2D eigenvalue weighted by Gasteiger charge is 2.20. The minimum atomic E-state index is -0.879. The lowest BCUT2D eigenvalue weighted by atomic mass is 9.84. The molecule has 2 rings (SSSR count). The average Bonchev–Trinajstić information content (AvgIpc) is 2.53. The fourth-order valence-electron chi connectivity index (χ4n) is 2.94. The van der Waals surface area contributed by atoms with Crippen molar-refractivity contribution in [3.63, 3.8) is 0 Å². The number of benzene rings is 1. The predicted octanol–water partition coefficient (Wildman–Crippen LogP) is 5.90. The summed E-state index contributed by atoms with van der Waals surface area (Å²) in [5.41, 5.74) is 1.30. The number of rotatable bonds is 6. The lowest BCUT2D eigenvalue weighted by Crippen LogP contribution is -2.07. The van der Waals surface area contributed by atoms with Crippen LogP contribution in [0.2, 0.25) is 0 Å². The Bertz CT molecular complexity index is 561. The molecule has 1 unspecified atom stereocenters. The molecule has 0 aliphatic heterocycles. The van der Waals surface area contributed by atoms with Crippen molar-refractivity contribution in [1.29, 1.82) is 0 Å². The van der Waals surface area contributed by atoms with E-state index in [1.54, 1.807) is 13.0 Å². The Kier molecular flexibility index (Phi) is 6.17. The first-order chi connectivity index (χ1) is 10.7. The van der Waals surface area contributed by atoms with Gasteiger partial charge in [0.05, 0.1) is 6.61 Å². The molecule has 120 valence electrons. The Morgan fingerprint density at radius 1 is 1.27 bits per heavy atom. The molecule has 0 radical (unpaired) electrons. The average molecular weight is 306 g/mol. The number of ether oxygens (including phenoxy) is 1. The molecule has 22 heavy (non-hydrogen) atoms. The zero-order chi connectivity index (χ0) is 15.9. The van der Waals surface area contributed by atoms with Crippen LogP contribution in [0.4, 0.5) is 8.78 Å². The van der Waals surface area contributed by atoms with E-state index in [1.165, 1.54) is 6.07 Å². The van der Waals surface area contributed by atoms with Crippen LogP contribution in [0.15, 0.2) is 30.4 Å². The van der Waals surface area contributed by atoms with Crippen molar-refractivity contribution in [3.05, 3.63) is 47.6 Å². The summed E-state index contributed by atoms with van der Waals surface area (Å²) < 4.78 is 33.3. The van der Waals surface area contributed by atoms with Gasteiger partial charge in [-0.25, -0.2) is 4.39 Å². The van der Waals surface area contributed by atoms with Gasteiger partial charge in [-0.15, -0.1) is 0 Å². The Labute approximate surface area is 131 Å². The molecule has 1 aromatic carbocycles. The minimum absolute atomic E-state index is 0.00983. The summed E-state index contributed by atoms with van der Waals surface area (Å²) in [5.74, 6) is -1.03. The molecule has 0 amide bonds. The number of halogens is 2. The van der Waals surface area contributed by atoms with E-state index in [0.29, 0.717) is 18.1 Å². The van der Waals surface area contributed by atoms with Crippen molar-refractivity contribution in [1.82, 2.24) is 0 Å². The fourth-order valence-corrected chi connectivity index (χ4v) is 2.94. The van der Waals surface area contributed by atoms with Gasteiger partial charge in [0, 0.05) is 5.56 Å². The number of allylic oxidation sites excluding steroid dienone is 4. The third-order valence-corrected chi connectivity index (χ3v) is 4.19. The monoisotopic (exact) mass is 306 g/mol. The standard InChI is InChI=1S/C19H24F2O/c1-3-5-6-7-14-8-10-15(11-9-14)16-12-13-17(22-4-2)19(21)18(16)20/h3,5,10,12-14H,4,6-9,11H2,1-2H3. The van der Waals surface area contributed by atoms with E-state index < -0.39 is 11.6 Å². The molecule has 0 N–H and O–H groups in total. The van der Waals surface area contributed by atoms with Crippen LogP contribution in [-0.4, -0.2) is 6.61 Å².